The van der Waals surface area contributed by atoms with Crippen molar-refractivity contribution in [2.75, 3.05) is 39.6 Å². The molecule has 139 heavy (non-hydrogen) atoms. The van der Waals surface area contributed by atoms with E-state index in [4.69, 9.17) is 85.3 Å². The van der Waals surface area contributed by atoms with E-state index < -0.39 is 365 Å². The van der Waals surface area contributed by atoms with Gasteiger partial charge in [0, 0.05) is 17.4 Å². The zero-order valence-electron chi connectivity index (χ0n) is 80.9. The lowest BCUT2D eigenvalue weighted by Crippen LogP contribution is -2.70. The molecule has 1 unspecified atom stereocenters. The van der Waals surface area contributed by atoms with Gasteiger partial charge in [0.1, 0.15) is 164 Å². The van der Waals surface area contributed by atoms with Gasteiger partial charge >= 0.3 is 17.9 Å². The predicted octanol–water partition coefficient (Wildman–Crippen LogP) is -4.32. The largest absolute Gasteiger partial charge is 0.462 e. The van der Waals surface area contributed by atoms with E-state index in [2.05, 4.69) is 53.9 Å². The van der Waals surface area contributed by atoms with Crippen molar-refractivity contribution in [3.8, 4) is 0 Å². The van der Waals surface area contributed by atoms with Crippen molar-refractivity contribution in [3.05, 3.63) is 48.6 Å². The number of esters is 3. The van der Waals surface area contributed by atoms with E-state index in [-0.39, 0.29) is 55.9 Å². The lowest BCUT2D eigenvalue weighted by Gasteiger charge is -2.72. The Balaban J connectivity index is 0.763. The number of carbonyl (C=O) groups excluding carboxylic acids is 3. The summed E-state index contributed by atoms with van der Waals surface area (Å²) in [4.78, 5) is 45.1. The molecule has 8 heterocycles. The van der Waals surface area contributed by atoms with Gasteiger partial charge in [0.05, 0.1) is 81.2 Å². The molecule has 13 aliphatic rings. The smallest absolute Gasteiger partial charge is 0.333 e. The fraction of sp³-hybridized carbons (Fsp3) is 0.884. The van der Waals surface area contributed by atoms with Crippen LogP contribution in [0.1, 0.15) is 173 Å². The topological polar surface area (TPSA) is 683 Å². The number of aliphatic hydroxyl groups is 23. The molecule has 5 aliphatic carbocycles. The van der Waals surface area contributed by atoms with Crippen LogP contribution in [0, 0.1) is 56.2 Å². The number of hydrogen-bond donors (Lipinski definition) is 23. The molecule has 50 atom stereocenters. The van der Waals surface area contributed by atoms with Crippen LogP contribution in [0.4, 0.5) is 0 Å². The number of carbonyl (C=O) groups is 3. The Morgan fingerprint density at radius 3 is 1.63 bits per heavy atom. The summed E-state index contributed by atoms with van der Waals surface area (Å²) in [6, 6.07) is 0. The second-order valence-electron chi connectivity index (χ2n) is 43.4. The molecule has 0 radical (unpaired) electrons. The highest BCUT2D eigenvalue weighted by Gasteiger charge is 2.74. The molecule has 0 aromatic carbocycles. The van der Waals surface area contributed by atoms with Crippen LogP contribution in [0.5, 0.6) is 0 Å². The number of aliphatic hydroxyl groups excluding tert-OH is 22. The average Bonchev–Trinajstić information content (AvgIpc) is 0.921. The van der Waals surface area contributed by atoms with Gasteiger partial charge in [-0.05, 0) is 151 Å². The molecule has 0 bridgehead atoms. The van der Waals surface area contributed by atoms with Crippen molar-refractivity contribution in [3.63, 3.8) is 0 Å². The maximum absolute atomic E-state index is 16.8. The normalized spacial score (nSPS) is 48.8. The van der Waals surface area contributed by atoms with Crippen molar-refractivity contribution < 1.29 is 217 Å². The van der Waals surface area contributed by atoms with Crippen LogP contribution in [0.15, 0.2) is 48.6 Å². The van der Waals surface area contributed by atoms with Gasteiger partial charge < -0.3 is 203 Å². The minimum atomic E-state index is -2.26. The van der Waals surface area contributed by atoms with E-state index in [1.54, 1.807) is 26.8 Å². The number of fused-ring (bicyclic) bond motifs is 7. The van der Waals surface area contributed by atoms with Crippen LogP contribution in [0.2, 0.25) is 0 Å². The second kappa shape index (κ2) is 43.9. The molecule has 4 saturated carbocycles. The Bertz CT molecular complexity index is 4200. The highest BCUT2D eigenvalue weighted by molar-refractivity contribution is 5.88. The molecule has 796 valence electrons. The van der Waals surface area contributed by atoms with Crippen LogP contribution in [0.3, 0.4) is 0 Å². The highest BCUT2D eigenvalue weighted by atomic mass is 16.8. The Morgan fingerprint density at radius 1 is 0.504 bits per heavy atom. The summed E-state index contributed by atoms with van der Waals surface area (Å²) in [6.07, 6.45) is -59.2. The first-order valence-electron chi connectivity index (χ1n) is 48.6. The Kier molecular flexibility index (Phi) is 35.4. The lowest BCUT2D eigenvalue weighted by molar-refractivity contribution is -0.390. The minimum absolute atomic E-state index is 0.0232. The van der Waals surface area contributed by atoms with E-state index in [1.807, 2.05) is 13.8 Å². The lowest BCUT2D eigenvalue weighted by atomic mass is 9.33. The maximum atomic E-state index is 16.8. The molecule has 44 heteroatoms. The first-order valence-corrected chi connectivity index (χ1v) is 48.6. The van der Waals surface area contributed by atoms with Crippen LogP contribution in [-0.4, -0.2) is 432 Å². The molecule has 8 saturated heterocycles. The van der Waals surface area contributed by atoms with Gasteiger partial charge in [-0.1, -0.05) is 85.3 Å². The first-order chi connectivity index (χ1) is 65.1. The monoisotopic (exact) mass is 2000 g/mol. The molecule has 0 spiro atoms. The SMILES string of the molecule is C=C[C@@](C)(O)CC/C=C(\C)C(=O)O[C@H]1[C@H](O)[C@@H](O)[C@H](O[C@](C)(C=C)CCCC(C)C(=O)O[C@H]2C[C@]3(C(=O)O[C@@H]4O[C@H](CO)[C@@H](O)[C@H](O)[C@H]4O[C@@H]4O[C@@H](C)[C@H](O[C@@H]5O[C@@H](CO)[C@H](O)[C@H]5O)[C@@H](O[C@@H]5O[C@H](CO)[C@@H](O)[C@H](O)[C@H]5O)[C@H]4O)[C@H](O)C[C@]4(C)C(=CC[C@@H]5[C@@]6(C)CC[C@H](O[C@@H]7O[C@H](CO[C@@H]8OC[C@H](O)[C@H](O)[C@H]8O[C@@H]8OC[C@@H](O)[C@H](O)[C@H]8O)[C@@H](O)[C@H](O)[C@H]7O)C(C)(C)[C@@H]6CC[C@]54C)[C@@H]3CC2(C)C)O[C@@H]1C. The summed E-state index contributed by atoms with van der Waals surface area (Å²) in [5, 5.41) is 257. The third-order valence-corrected chi connectivity index (χ3v) is 33.4. The molecular formula is C95H152O44. The summed E-state index contributed by atoms with van der Waals surface area (Å²) < 4.78 is 110. The van der Waals surface area contributed by atoms with E-state index >= 15 is 9.59 Å². The second-order valence-corrected chi connectivity index (χ2v) is 43.4. The van der Waals surface area contributed by atoms with Gasteiger partial charge in [-0.3, -0.25) is 9.59 Å². The quantitative estimate of drug-likeness (QED) is 0.00971. The zero-order chi connectivity index (χ0) is 102. The molecular weight excluding hydrogens is 1850 g/mol. The van der Waals surface area contributed by atoms with Crippen LogP contribution in [0.25, 0.3) is 0 Å². The average molecular weight is 2000 g/mol. The Morgan fingerprint density at radius 2 is 1.01 bits per heavy atom. The molecule has 13 rings (SSSR count). The number of allylic oxidation sites excluding steroid dienone is 3. The number of ether oxygens (including phenoxy) is 18. The number of hydrogen-bond acceptors (Lipinski definition) is 44. The van der Waals surface area contributed by atoms with Gasteiger partial charge in [-0.2, -0.15) is 0 Å². The summed E-state index contributed by atoms with van der Waals surface area (Å²) in [6.45, 7) is 26.9. The van der Waals surface area contributed by atoms with Crippen LogP contribution < -0.4 is 0 Å². The van der Waals surface area contributed by atoms with E-state index in [1.165, 1.54) is 32.9 Å². The summed E-state index contributed by atoms with van der Waals surface area (Å²) >= 11 is 0. The Labute approximate surface area is 806 Å². The fourth-order valence-corrected chi connectivity index (χ4v) is 24.2. The zero-order valence-corrected chi connectivity index (χ0v) is 80.9. The van der Waals surface area contributed by atoms with Crippen molar-refractivity contribution in [1.29, 1.82) is 0 Å². The third kappa shape index (κ3) is 21.8. The van der Waals surface area contributed by atoms with Crippen molar-refractivity contribution in [2.45, 2.75) is 430 Å². The molecule has 0 aromatic rings. The summed E-state index contributed by atoms with van der Waals surface area (Å²) in [7, 11) is 0. The van der Waals surface area contributed by atoms with Gasteiger partial charge in [0.25, 0.3) is 0 Å². The van der Waals surface area contributed by atoms with Gasteiger partial charge in [-0.25, -0.2) is 4.79 Å². The minimum Gasteiger partial charge on any atom is -0.462 e. The third-order valence-electron chi connectivity index (χ3n) is 33.4. The maximum Gasteiger partial charge on any atom is 0.333 e. The van der Waals surface area contributed by atoms with E-state index in [9.17, 15) is 122 Å². The summed E-state index contributed by atoms with van der Waals surface area (Å²) in [5.74, 6) is -4.89. The molecule has 0 aromatic heterocycles. The molecule has 8 aliphatic heterocycles. The van der Waals surface area contributed by atoms with Gasteiger partial charge in [-0.15, -0.1) is 13.2 Å². The molecule has 23 N–H and O–H groups in total. The first kappa shape index (κ1) is 112. The van der Waals surface area contributed by atoms with Crippen LogP contribution in [-0.2, 0) is 99.6 Å². The van der Waals surface area contributed by atoms with E-state index in [0.29, 0.717) is 38.5 Å². The van der Waals surface area contributed by atoms with Crippen molar-refractivity contribution >= 4 is 17.9 Å². The highest BCUT2D eigenvalue weighted by Crippen LogP contribution is 2.76. The van der Waals surface area contributed by atoms with Crippen molar-refractivity contribution in [2.24, 2.45) is 56.2 Å². The van der Waals surface area contributed by atoms with Gasteiger partial charge in [0.15, 0.2) is 56.2 Å². The molecule has 0 amide bonds. The van der Waals surface area contributed by atoms with Crippen LogP contribution >= 0.6 is 0 Å². The van der Waals surface area contributed by atoms with Gasteiger partial charge in [0.2, 0.25) is 6.29 Å². The molecule has 44 nitrogen and oxygen atoms in total. The Hall–Kier alpha value is -4.15. The standard InChI is InChI=1S/C95H152O44/c1-16-90(11,121)26-18-20-40(4)78(119)133-72-41(5)126-84(70(116)65(72)111)139-91(12,17-2)27-19-21-39(3)77(118)131-55-32-95(87(120)138-86-76(64(110)59(105)48(34-97)129-86)137-83-71(117)74(135-82-69(115)62(108)58(104)47(33-96)127-82)73(42(6)125-83)134-81-67(113)60(106)49(35-98)128-81)44(30-88(55,7)8)43-22-23-52-92(13)28-25-54(89(9,10)51(92)24-29-93(52,14)94(43,15)31-53(95)101)132-80-68(114)63(109)61(107)50(130-80)38-124-85-75(57(103)46(100)37-123-85)136-79-66(112)56(102)45(99)36-122-79/h16-17,20,22,39,41-42,44-76,79-86,96-117,121H,1-2,18-19,21,23-38H2,3-15H3/b40-20+/t39?,41-,42+,44+,45-,46+,47-,48-,49+,50-,51+,52-,53-,54+,55+,56+,57+,58-,59-,60+,61-,62+,63+,64+,65-,66-,67-,68-,69-,70-,71-,72-,73+,74+,75-,76-,79+,80+,81+,82+,83+,84+,85+,86+,90-,91-,92+,93-,94-,95-/m1/s1. The van der Waals surface area contributed by atoms with Crippen molar-refractivity contribution in [1.82, 2.24) is 0 Å². The number of rotatable bonds is 33. The predicted molar refractivity (Wildman–Crippen MR) is 471 cm³/mol. The summed E-state index contributed by atoms with van der Waals surface area (Å²) in [5.41, 5.74) is -7.69. The molecule has 12 fully saturated rings. The fourth-order valence-electron chi connectivity index (χ4n) is 24.2. The van der Waals surface area contributed by atoms with E-state index in [0.717, 1.165) is 5.57 Å².